The van der Waals surface area contributed by atoms with Gasteiger partial charge in [-0.2, -0.15) is 5.26 Å². The largest absolute Gasteiger partial charge is 0.324 e. The number of alkyl halides is 1. The van der Waals surface area contributed by atoms with E-state index in [1.165, 1.54) is 0 Å². The smallest absolute Gasteiger partial charge is 0.235 e. The Morgan fingerprint density at radius 2 is 2.23 bits per heavy atom. The number of hydrogen-bond acceptors (Lipinski definition) is 2. The topological polar surface area (TPSA) is 52.9 Å². The summed E-state index contributed by atoms with van der Waals surface area (Å²) in [4.78, 5) is 11.0. The van der Waals surface area contributed by atoms with Crippen LogP contribution in [0, 0.1) is 11.3 Å². The van der Waals surface area contributed by atoms with Crippen LogP contribution in [-0.4, -0.2) is 11.2 Å². The Hall–Kier alpha value is -1.34. The second-order valence-electron chi connectivity index (χ2n) is 2.34. The van der Waals surface area contributed by atoms with Gasteiger partial charge in [0.15, 0.2) is 0 Å². The van der Waals surface area contributed by atoms with Crippen LogP contribution in [0.1, 0.15) is 5.56 Å². The monoisotopic (exact) mass is 238 g/mol. The van der Waals surface area contributed by atoms with Gasteiger partial charge in [-0.15, -0.1) is 0 Å². The van der Waals surface area contributed by atoms with Crippen molar-refractivity contribution < 1.29 is 4.79 Å². The standard InChI is InChI=1S/C9H7BrN2O/c10-5-9(13)12-8-4-2-1-3-7(8)6-11/h1-4H,5H2,(H,12,13). The van der Waals surface area contributed by atoms with Crippen molar-refractivity contribution in [1.29, 1.82) is 5.26 Å². The number of amides is 1. The molecular formula is C9H7BrN2O. The summed E-state index contributed by atoms with van der Waals surface area (Å²) in [5.41, 5.74) is 1.02. The van der Waals surface area contributed by atoms with Crippen molar-refractivity contribution in [3.63, 3.8) is 0 Å². The summed E-state index contributed by atoms with van der Waals surface area (Å²) in [6.07, 6.45) is 0. The molecule has 0 aromatic heterocycles. The number of halogens is 1. The molecular weight excluding hydrogens is 232 g/mol. The van der Waals surface area contributed by atoms with Gasteiger partial charge in [-0.1, -0.05) is 28.1 Å². The lowest BCUT2D eigenvalue weighted by molar-refractivity contribution is -0.113. The lowest BCUT2D eigenvalue weighted by Crippen LogP contribution is -2.13. The maximum absolute atomic E-state index is 11.0. The number of benzene rings is 1. The fourth-order valence-electron chi connectivity index (χ4n) is 0.873. The molecule has 1 amide bonds. The molecule has 0 heterocycles. The highest BCUT2D eigenvalue weighted by Crippen LogP contribution is 2.13. The Labute approximate surface area is 84.5 Å². The van der Waals surface area contributed by atoms with Crippen molar-refractivity contribution in [2.45, 2.75) is 0 Å². The Morgan fingerprint density at radius 1 is 1.54 bits per heavy atom. The van der Waals surface area contributed by atoms with E-state index in [9.17, 15) is 4.79 Å². The number of anilines is 1. The van der Waals surface area contributed by atoms with E-state index >= 15 is 0 Å². The summed E-state index contributed by atoms with van der Waals surface area (Å²) in [7, 11) is 0. The zero-order chi connectivity index (χ0) is 9.68. The molecule has 1 aromatic rings. The van der Waals surface area contributed by atoms with Crippen LogP contribution in [0.2, 0.25) is 0 Å². The molecule has 0 aliphatic heterocycles. The van der Waals surface area contributed by atoms with Gasteiger partial charge in [-0.05, 0) is 12.1 Å². The highest BCUT2D eigenvalue weighted by atomic mass is 79.9. The van der Waals surface area contributed by atoms with E-state index in [-0.39, 0.29) is 11.2 Å². The number of nitriles is 1. The summed E-state index contributed by atoms with van der Waals surface area (Å²) in [6, 6.07) is 8.87. The predicted molar refractivity (Wildman–Crippen MR) is 53.6 cm³/mol. The average molecular weight is 239 g/mol. The summed E-state index contributed by atoms with van der Waals surface area (Å²) in [5, 5.41) is 11.5. The first kappa shape index (κ1) is 9.75. The van der Waals surface area contributed by atoms with E-state index in [0.717, 1.165) is 0 Å². The zero-order valence-electron chi connectivity index (χ0n) is 6.75. The molecule has 1 rings (SSSR count). The van der Waals surface area contributed by atoms with E-state index < -0.39 is 0 Å². The molecule has 4 heteroatoms. The van der Waals surface area contributed by atoms with Crippen molar-refractivity contribution in [2.75, 3.05) is 10.6 Å². The van der Waals surface area contributed by atoms with Gasteiger partial charge in [0.2, 0.25) is 5.91 Å². The Morgan fingerprint density at radius 3 is 2.85 bits per heavy atom. The fraction of sp³-hybridized carbons (Fsp3) is 0.111. The minimum absolute atomic E-state index is 0.164. The molecule has 0 unspecified atom stereocenters. The second-order valence-corrected chi connectivity index (χ2v) is 2.90. The number of nitrogens with one attached hydrogen (secondary N) is 1. The Bertz CT molecular complexity index is 357. The molecule has 1 aromatic carbocycles. The van der Waals surface area contributed by atoms with Crippen LogP contribution in [0.4, 0.5) is 5.69 Å². The third kappa shape index (κ3) is 2.56. The first-order valence-corrected chi connectivity index (χ1v) is 4.75. The minimum Gasteiger partial charge on any atom is -0.324 e. The van der Waals surface area contributed by atoms with Crippen molar-refractivity contribution >= 4 is 27.5 Å². The van der Waals surface area contributed by atoms with Gasteiger partial charge in [-0.25, -0.2) is 0 Å². The molecule has 0 aliphatic carbocycles. The third-order valence-electron chi connectivity index (χ3n) is 1.44. The number of hydrogen-bond donors (Lipinski definition) is 1. The normalized spacial score (nSPS) is 8.92. The van der Waals surface area contributed by atoms with Crippen LogP contribution < -0.4 is 5.32 Å². The molecule has 3 nitrogen and oxygen atoms in total. The van der Waals surface area contributed by atoms with E-state index in [1.54, 1.807) is 24.3 Å². The van der Waals surface area contributed by atoms with Gasteiger partial charge in [0, 0.05) is 0 Å². The number of para-hydroxylation sites is 1. The predicted octanol–water partition coefficient (Wildman–Crippen LogP) is 1.89. The summed E-state index contributed by atoms with van der Waals surface area (Å²) in [6.45, 7) is 0. The van der Waals surface area contributed by atoms with E-state index in [2.05, 4.69) is 21.2 Å². The highest BCUT2D eigenvalue weighted by Gasteiger charge is 2.03. The van der Waals surface area contributed by atoms with Crippen LogP contribution in [0.15, 0.2) is 24.3 Å². The van der Waals surface area contributed by atoms with Crippen LogP contribution in [0.25, 0.3) is 0 Å². The van der Waals surface area contributed by atoms with E-state index in [0.29, 0.717) is 11.3 Å². The lowest BCUT2D eigenvalue weighted by Gasteiger charge is -2.03. The minimum atomic E-state index is -0.164. The van der Waals surface area contributed by atoms with Crippen LogP contribution in [-0.2, 0) is 4.79 Å². The van der Waals surface area contributed by atoms with Crippen molar-refractivity contribution in [1.82, 2.24) is 0 Å². The molecule has 0 aliphatic rings. The zero-order valence-corrected chi connectivity index (χ0v) is 8.34. The number of nitrogens with zero attached hydrogens (tertiary/aromatic N) is 1. The van der Waals surface area contributed by atoms with Gasteiger partial charge < -0.3 is 5.32 Å². The molecule has 0 radical (unpaired) electrons. The van der Waals surface area contributed by atoms with E-state index in [1.807, 2.05) is 6.07 Å². The molecule has 0 spiro atoms. The van der Waals surface area contributed by atoms with Gasteiger partial charge in [0.25, 0.3) is 0 Å². The summed E-state index contributed by atoms with van der Waals surface area (Å²) < 4.78 is 0. The quantitative estimate of drug-likeness (QED) is 0.801. The highest BCUT2D eigenvalue weighted by molar-refractivity contribution is 9.09. The maximum atomic E-state index is 11.0. The van der Waals surface area contributed by atoms with Crippen molar-refractivity contribution in [3.05, 3.63) is 29.8 Å². The molecule has 1 N–H and O–H groups in total. The third-order valence-corrected chi connectivity index (χ3v) is 1.95. The lowest BCUT2D eigenvalue weighted by atomic mass is 10.2. The molecule has 0 atom stereocenters. The van der Waals surface area contributed by atoms with Crippen LogP contribution in [0.3, 0.4) is 0 Å². The summed E-state index contributed by atoms with van der Waals surface area (Å²) in [5.74, 6) is -0.164. The SMILES string of the molecule is N#Cc1ccccc1NC(=O)CBr. The second kappa shape index (κ2) is 4.63. The molecule has 0 saturated heterocycles. The maximum Gasteiger partial charge on any atom is 0.235 e. The first-order valence-electron chi connectivity index (χ1n) is 3.63. The summed E-state index contributed by atoms with van der Waals surface area (Å²) >= 11 is 3.02. The van der Waals surface area contributed by atoms with Gasteiger partial charge in [0.05, 0.1) is 16.6 Å². The van der Waals surface area contributed by atoms with Gasteiger partial charge >= 0.3 is 0 Å². The molecule has 13 heavy (non-hydrogen) atoms. The number of rotatable bonds is 2. The molecule has 0 fully saturated rings. The first-order chi connectivity index (χ1) is 6.27. The Balaban J connectivity index is 2.89. The van der Waals surface area contributed by atoms with Crippen molar-refractivity contribution in [3.8, 4) is 6.07 Å². The van der Waals surface area contributed by atoms with Gasteiger partial charge in [0.1, 0.15) is 6.07 Å². The average Bonchev–Trinajstić information content (AvgIpc) is 2.18. The number of carbonyl (C=O) groups excluding carboxylic acids is 1. The van der Waals surface area contributed by atoms with Gasteiger partial charge in [-0.3, -0.25) is 4.79 Å². The molecule has 0 saturated carbocycles. The van der Waals surface area contributed by atoms with E-state index in [4.69, 9.17) is 5.26 Å². The fourth-order valence-corrected chi connectivity index (χ4v) is 1.01. The molecule has 66 valence electrons. The molecule has 0 bridgehead atoms. The van der Waals surface area contributed by atoms with Crippen LogP contribution in [0.5, 0.6) is 0 Å². The number of carbonyl (C=O) groups is 1. The van der Waals surface area contributed by atoms with Crippen molar-refractivity contribution in [2.24, 2.45) is 0 Å². The van der Waals surface area contributed by atoms with Crippen LogP contribution >= 0.6 is 15.9 Å². The Kier molecular flexibility index (Phi) is 3.47.